The molecule has 1 fully saturated rings. The minimum absolute atomic E-state index is 0.00764. The zero-order valence-electron chi connectivity index (χ0n) is 9.90. The number of carbonyl (C=O) groups excluding carboxylic acids is 1. The van der Waals surface area contributed by atoms with Crippen LogP contribution in [0.3, 0.4) is 0 Å². The fraction of sp³-hybridized carbons (Fsp3) is 0.364. The highest BCUT2D eigenvalue weighted by Crippen LogP contribution is 2.19. The van der Waals surface area contributed by atoms with E-state index < -0.39 is 26.6 Å². The first kappa shape index (κ1) is 13.9. The van der Waals surface area contributed by atoms with Gasteiger partial charge in [-0.1, -0.05) is 0 Å². The third-order valence-electron chi connectivity index (χ3n) is 2.75. The molecule has 19 heavy (non-hydrogen) atoms. The Bertz CT molecular complexity index is 584. The largest absolute Gasteiger partial charge is 0.355 e. The molecule has 0 atom stereocenters. The highest BCUT2D eigenvalue weighted by atomic mass is 32.2. The van der Waals surface area contributed by atoms with Gasteiger partial charge in [-0.25, -0.2) is 17.2 Å². The summed E-state index contributed by atoms with van der Waals surface area (Å²) in [5.74, 6) is -2.16. The maximum absolute atomic E-state index is 13.1. The van der Waals surface area contributed by atoms with Crippen molar-refractivity contribution in [2.45, 2.75) is 11.3 Å². The normalized spacial score (nSPS) is 17.9. The lowest BCUT2D eigenvalue weighted by Crippen LogP contribution is -2.34. The molecule has 1 saturated heterocycles. The molecule has 0 saturated carbocycles. The Kier molecular flexibility index (Phi) is 3.81. The molecule has 1 heterocycles. The van der Waals surface area contributed by atoms with E-state index in [0.29, 0.717) is 6.07 Å². The molecule has 0 radical (unpaired) electrons. The summed E-state index contributed by atoms with van der Waals surface area (Å²) in [5.41, 5.74) is 0. The number of carbonyl (C=O) groups is 1. The number of sulfonamides is 1. The summed E-state index contributed by atoms with van der Waals surface area (Å²) in [6, 6.07) is 2.13. The number of nitrogens with one attached hydrogen (secondary N) is 1. The lowest BCUT2D eigenvalue weighted by molar-refractivity contribution is -0.120. The number of halogens is 2. The Morgan fingerprint density at radius 2 is 1.74 bits per heavy atom. The van der Waals surface area contributed by atoms with Gasteiger partial charge < -0.3 is 5.32 Å². The standard InChI is InChI=1S/C11H12F2N2O3S/c12-8-5-9(13)7-10(6-8)19(17,18)15-3-1-11(16)14-2-4-15/h5-7H,1-4H2,(H,14,16). The van der Waals surface area contributed by atoms with Gasteiger partial charge in [0, 0.05) is 32.1 Å². The molecular weight excluding hydrogens is 278 g/mol. The first-order valence-electron chi connectivity index (χ1n) is 5.62. The first-order valence-corrected chi connectivity index (χ1v) is 7.06. The van der Waals surface area contributed by atoms with Gasteiger partial charge in [-0.05, 0) is 12.1 Å². The maximum atomic E-state index is 13.1. The average molecular weight is 290 g/mol. The van der Waals surface area contributed by atoms with Crippen molar-refractivity contribution >= 4 is 15.9 Å². The van der Waals surface area contributed by atoms with E-state index in [0.717, 1.165) is 16.4 Å². The summed E-state index contributed by atoms with van der Waals surface area (Å²) < 4.78 is 51.6. The van der Waals surface area contributed by atoms with Crippen LogP contribution in [0.25, 0.3) is 0 Å². The predicted octanol–water partition coefficient (Wildman–Crippen LogP) is 0.475. The Morgan fingerprint density at radius 3 is 2.37 bits per heavy atom. The minimum Gasteiger partial charge on any atom is -0.355 e. The molecule has 0 unspecified atom stereocenters. The molecule has 1 aliphatic rings. The zero-order valence-corrected chi connectivity index (χ0v) is 10.7. The van der Waals surface area contributed by atoms with E-state index in [1.807, 2.05) is 0 Å². The maximum Gasteiger partial charge on any atom is 0.243 e. The molecule has 1 aromatic carbocycles. The van der Waals surface area contributed by atoms with E-state index in [2.05, 4.69) is 5.32 Å². The van der Waals surface area contributed by atoms with E-state index in [1.165, 1.54) is 0 Å². The Labute approximate surface area is 109 Å². The van der Waals surface area contributed by atoms with Gasteiger partial charge in [0.15, 0.2) is 0 Å². The highest BCUT2D eigenvalue weighted by molar-refractivity contribution is 7.89. The lowest BCUT2D eigenvalue weighted by Gasteiger charge is -2.19. The van der Waals surface area contributed by atoms with Gasteiger partial charge in [0.25, 0.3) is 0 Å². The van der Waals surface area contributed by atoms with Crippen LogP contribution in [-0.4, -0.2) is 38.3 Å². The van der Waals surface area contributed by atoms with Crippen molar-refractivity contribution < 1.29 is 22.0 Å². The molecule has 1 N–H and O–H groups in total. The van der Waals surface area contributed by atoms with Crippen molar-refractivity contribution in [1.29, 1.82) is 0 Å². The SMILES string of the molecule is O=C1CCN(S(=O)(=O)c2cc(F)cc(F)c2)CCN1. The van der Waals surface area contributed by atoms with Crippen molar-refractivity contribution in [2.24, 2.45) is 0 Å². The molecule has 104 valence electrons. The van der Waals surface area contributed by atoms with Crippen LogP contribution in [0.5, 0.6) is 0 Å². The summed E-state index contributed by atoms with van der Waals surface area (Å²) in [4.78, 5) is 10.7. The van der Waals surface area contributed by atoms with E-state index >= 15 is 0 Å². The fourth-order valence-electron chi connectivity index (χ4n) is 1.81. The van der Waals surface area contributed by atoms with Crippen molar-refractivity contribution in [1.82, 2.24) is 9.62 Å². The average Bonchev–Trinajstić information content (AvgIpc) is 2.53. The van der Waals surface area contributed by atoms with Crippen LogP contribution in [-0.2, 0) is 14.8 Å². The summed E-state index contributed by atoms with van der Waals surface area (Å²) >= 11 is 0. The van der Waals surface area contributed by atoms with Gasteiger partial charge in [0.05, 0.1) is 4.90 Å². The number of hydrogen-bond acceptors (Lipinski definition) is 3. The fourth-order valence-corrected chi connectivity index (χ4v) is 3.30. The molecule has 0 spiro atoms. The minimum atomic E-state index is -3.99. The van der Waals surface area contributed by atoms with Gasteiger partial charge in [-0.15, -0.1) is 0 Å². The quantitative estimate of drug-likeness (QED) is 0.861. The lowest BCUT2D eigenvalue weighted by atomic mass is 10.3. The van der Waals surface area contributed by atoms with E-state index in [-0.39, 0.29) is 32.0 Å². The Hall–Kier alpha value is -1.54. The van der Waals surface area contributed by atoms with Crippen molar-refractivity contribution in [3.8, 4) is 0 Å². The molecule has 1 aliphatic heterocycles. The summed E-state index contributed by atoms with van der Waals surface area (Å²) in [5, 5.41) is 2.53. The third kappa shape index (κ3) is 3.07. The molecular formula is C11H12F2N2O3S. The molecule has 0 aliphatic carbocycles. The van der Waals surface area contributed by atoms with Gasteiger partial charge in [-0.3, -0.25) is 4.79 Å². The second kappa shape index (κ2) is 5.22. The molecule has 8 heteroatoms. The highest BCUT2D eigenvalue weighted by Gasteiger charge is 2.27. The van der Waals surface area contributed by atoms with Gasteiger partial charge in [0.1, 0.15) is 11.6 Å². The first-order chi connectivity index (χ1) is 8.89. The number of amides is 1. The van der Waals surface area contributed by atoms with Crippen LogP contribution < -0.4 is 5.32 Å². The van der Waals surface area contributed by atoms with Crippen LogP contribution in [0.15, 0.2) is 23.1 Å². The Morgan fingerprint density at radius 1 is 1.11 bits per heavy atom. The molecule has 0 aromatic heterocycles. The predicted molar refractivity (Wildman–Crippen MR) is 62.7 cm³/mol. The van der Waals surface area contributed by atoms with Crippen LogP contribution in [0, 0.1) is 11.6 Å². The number of benzene rings is 1. The zero-order chi connectivity index (χ0) is 14.0. The van der Waals surface area contributed by atoms with Crippen LogP contribution in [0.4, 0.5) is 8.78 Å². The van der Waals surface area contributed by atoms with Gasteiger partial charge >= 0.3 is 0 Å². The topological polar surface area (TPSA) is 66.5 Å². The number of nitrogens with zero attached hydrogens (tertiary/aromatic N) is 1. The Balaban J connectivity index is 2.33. The summed E-state index contributed by atoms with van der Waals surface area (Å²) in [6.45, 7) is 0.244. The molecule has 5 nitrogen and oxygen atoms in total. The molecule has 1 amide bonds. The number of hydrogen-bond donors (Lipinski definition) is 1. The van der Waals surface area contributed by atoms with Crippen molar-refractivity contribution in [2.75, 3.05) is 19.6 Å². The van der Waals surface area contributed by atoms with E-state index in [9.17, 15) is 22.0 Å². The summed E-state index contributed by atoms with van der Waals surface area (Å²) in [6.07, 6.45) is 0.0248. The smallest absolute Gasteiger partial charge is 0.243 e. The number of rotatable bonds is 2. The molecule has 1 aromatic rings. The van der Waals surface area contributed by atoms with Crippen molar-refractivity contribution in [3.63, 3.8) is 0 Å². The second-order valence-corrected chi connectivity index (χ2v) is 6.05. The third-order valence-corrected chi connectivity index (χ3v) is 4.62. The van der Waals surface area contributed by atoms with Gasteiger partial charge in [-0.2, -0.15) is 4.31 Å². The van der Waals surface area contributed by atoms with E-state index in [1.54, 1.807) is 0 Å². The summed E-state index contributed by atoms with van der Waals surface area (Å²) in [7, 11) is -3.99. The van der Waals surface area contributed by atoms with Gasteiger partial charge in [0.2, 0.25) is 15.9 Å². The molecule has 2 rings (SSSR count). The van der Waals surface area contributed by atoms with Crippen molar-refractivity contribution in [3.05, 3.63) is 29.8 Å². The van der Waals surface area contributed by atoms with Crippen LogP contribution in [0.1, 0.15) is 6.42 Å². The van der Waals surface area contributed by atoms with E-state index in [4.69, 9.17) is 0 Å². The van der Waals surface area contributed by atoms with Crippen LogP contribution >= 0.6 is 0 Å². The monoisotopic (exact) mass is 290 g/mol. The second-order valence-electron chi connectivity index (χ2n) is 4.11. The molecule has 0 bridgehead atoms. The van der Waals surface area contributed by atoms with Crippen LogP contribution in [0.2, 0.25) is 0 Å².